The predicted octanol–water partition coefficient (Wildman–Crippen LogP) is 1.23. The summed E-state index contributed by atoms with van der Waals surface area (Å²) in [5, 5.41) is 14.3. The molecule has 0 atom stereocenters. The Morgan fingerprint density at radius 2 is 2.07 bits per heavy atom. The lowest BCUT2D eigenvalue weighted by atomic mass is 10.2. The molecule has 0 saturated heterocycles. The number of hydrogen-bond donors (Lipinski definition) is 3. The maximum absolute atomic E-state index is 13.5. The molecule has 2 aromatic heterocycles. The molecule has 14 heteroatoms. The first-order valence-electron chi connectivity index (χ1n) is 8.42. The van der Waals surface area contributed by atoms with E-state index in [1.54, 1.807) is 0 Å². The Kier molecular flexibility index (Phi) is 5.23. The minimum atomic E-state index is -2.68. The van der Waals surface area contributed by atoms with E-state index in [9.17, 15) is 17.6 Å². The van der Waals surface area contributed by atoms with Crippen LogP contribution in [0.4, 0.5) is 10.2 Å². The summed E-state index contributed by atoms with van der Waals surface area (Å²) in [6.45, 7) is 0.377. The molecule has 1 fully saturated rings. The van der Waals surface area contributed by atoms with E-state index in [2.05, 4.69) is 41.4 Å². The van der Waals surface area contributed by atoms with Crippen LogP contribution in [0, 0.1) is 5.82 Å². The van der Waals surface area contributed by atoms with Crippen LogP contribution in [0.15, 0.2) is 36.6 Å². The highest BCUT2D eigenvalue weighted by Gasteiger charge is 2.42. The molecule has 0 radical (unpaired) electrons. The van der Waals surface area contributed by atoms with Crippen LogP contribution in [0.5, 0.6) is 0 Å². The van der Waals surface area contributed by atoms with Gasteiger partial charge >= 0.3 is 5.76 Å². The normalized spacial score (nSPS) is 15.0. The summed E-state index contributed by atoms with van der Waals surface area (Å²) >= 11 is 3.07. The molecule has 1 aliphatic rings. The van der Waals surface area contributed by atoms with Crippen LogP contribution in [0.1, 0.15) is 19.3 Å². The zero-order valence-corrected chi connectivity index (χ0v) is 17.1. The standard InChI is InChI=1S/C15H14BrFN6O5S/c16-9-7-8(1-2-10(9)17)23-13(21-27-14(23)24)11-12(20-28-19-11)18-6-5-15(3-4-15)22-29(25)26/h1-2,7,29H,3-6H2,(H,18,20)(H,22,25,26). The number of rotatable bonds is 8. The van der Waals surface area contributed by atoms with Crippen LogP contribution >= 0.6 is 15.9 Å². The van der Waals surface area contributed by atoms with E-state index in [0.29, 0.717) is 18.7 Å². The van der Waals surface area contributed by atoms with Crippen LogP contribution in [-0.4, -0.2) is 40.5 Å². The van der Waals surface area contributed by atoms with Crippen molar-refractivity contribution in [2.45, 2.75) is 24.8 Å². The van der Waals surface area contributed by atoms with E-state index in [0.717, 1.165) is 17.4 Å². The maximum Gasteiger partial charge on any atom is 0.446 e. The summed E-state index contributed by atoms with van der Waals surface area (Å²) in [7, 11) is -2.68. The molecule has 1 aliphatic carbocycles. The number of hydrogen-bond acceptors (Lipinski definition) is 9. The average molecular weight is 489 g/mol. The van der Waals surface area contributed by atoms with Gasteiger partial charge in [-0.2, -0.15) is 0 Å². The summed E-state index contributed by atoms with van der Waals surface area (Å²) in [4.78, 5) is 12.2. The molecule has 0 bridgehead atoms. The SMILES string of the molecule is O=c1onc(-c2nonc2NCCC2(N[SH](=O)=O)CC2)n1-c1ccc(F)c(Br)c1. The fourth-order valence-electron chi connectivity index (χ4n) is 2.89. The van der Waals surface area contributed by atoms with Crippen molar-refractivity contribution in [3.8, 4) is 17.2 Å². The Labute approximate surface area is 172 Å². The Morgan fingerprint density at radius 1 is 1.28 bits per heavy atom. The van der Waals surface area contributed by atoms with Crippen LogP contribution in [0.25, 0.3) is 17.2 Å². The molecular weight excluding hydrogens is 475 g/mol. The third-order valence-electron chi connectivity index (χ3n) is 4.54. The zero-order valence-electron chi connectivity index (χ0n) is 14.6. The number of nitrogens with zero attached hydrogens (tertiary/aromatic N) is 4. The molecule has 4 rings (SSSR count). The first kappa shape index (κ1) is 19.7. The Morgan fingerprint density at radius 3 is 2.76 bits per heavy atom. The van der Waals surface area contributed by atoms with Gasteiger partial charge in [-0.25, -0.2) is 31.5 Å². The van der Waals surface area contributed by atoms with Crippen molar-refractivity contribution in [3.63, 3.8) is 0 Å². The molecule has 0 aliphatic heterocycles. The van der Waals surface area contributed by atoms with Gasteiger partial charge in [0.2, 0.25) is 22.5 Å². The molecule has 0 amide bonds. The third-order valence-corrected chi connectivity index (χ3v) is 5.81. The van der Waals surface area contributed by atoms with Gasteiger partial charge in [-0.3, -0.25) is 4.52 Å². The van der Waals surface area contributed by atoms with Gasteiger partial charge in [0.15, 0.2) is 5.69 Å². The monoisotopic (exact) mass is 488 g/mol. The largest absolute Gasteiger partial charge is 0.446 e. The summed E-state index contributed by atoms with van der Waals surface area (Å²) in [6.07, 6.45) is 2.04. The van der Waals surface area contributed by atoms with Gasteiger partial charge in [-0.1, -0.05) is 5.16 Å². The summed E-state index contributed by atoms with van der Waals surface area (Å²) in [6, 6.07) is 3.96. The van der Waals surface area contributed by atoms with E-state index in [-0.39, 0.29) is 21.8 Å². The van der Waals surface area contributed by atoms with Crippen molar-refractivity contribution in [2.24, 2.45) is 0 Å². The summed E-state index contributed by atoms with van der Waals surface area (Å²) < 4.78 is 48.6. The molecule has 2 heterocycles. The van der Waals surface area contributed by atoms with E-state index < -0.39 is 28.0 Å². The molecule has 1 saturated carbocycles. The van der Waals surface area contributed by atoms with E-state index in [4.69, 9.17) is 9.15 Å². The Balaban J connectivity index is 1.57. The number of aromatic nitrogens is 4. The fraction of sp³-hybridized carbons (Fsp3) is 0.333. The van der Waals surface area contributed by atoms with E-state index in [1.807, 2.05) is 0 Å². The van der Waals surface area contributed by atoms with Crippen LogP contribution in [0.2, 0.25) is 0 Å². The topological polar surface area (TPSA) is 145 Å². The second kappa shape index (κ2) is 7.68. The second-order valence-electron chi connectivity index (χ2n) is 6.49. The van der Waals surface area contributed by atoms with Crippen LogP contribution in [-0.2, 0) is 10.9 Å². The Hall–Kier alpha value is -2.58. The average Bonchev–Trinajstić information content (AvgIpc) is 3.08. The molecule has 154 valence electrons. The molecule has 29 heavy (non-hydrogen) atoms. The predicted molar refractivity (Wildman–Crippen MR) is 102 cm³/mol. The Bertz CT molecular complexity index is 1180. The van der Waals surface area contributed by atoms with Crippen molar-refractivity contribution < 1.29 is 22.0 Å². The van der Waals surface area contributed by atoms with E-state index >= 15 is 0 Å². The van der Waals surface area contributed by atoms with Gasteiger partial charge < -0.3 is 5.32 Å². The van der Waals surface area contributed by atoms with Gasteiger partial charge in [-0.05, 0) is 63.7 Å². The smallest absolute Gasteiger partial charge is 0.365 e. The molecule has 0 unspecified atom stereocenters. The molecular formula is C15H14BrFN6O5S. The van der Waals surface area contributed by atoms with Crippen molar-refractivity contribution >= 4 is 32.6 Å². The van der Waals surface area contributed by atoms with Gasteiger partial charge in [-0.15, -0.1) is 0 Å². The first-order chi connectivity index (χ1) is 13.9. The molecule has 0 spiro atoms. The van der Waals surface area contributed by atoms with Crippen molar-refractivity contribution in [2.75, 3.05) is 11.9 Å². The first-order valence-corrected chi connectivity index (χ1v) is 10.4. The molecule has 1 aromatic carbocycles. The van der Waals surface area contributed by atoms with Gasteiger partial charge in [0, 0.05) is 12.1 Å². The quantitative estimate of drug-likeness (QED) is 0.398. The van der Waals surface area contributed by atoms with Crippen molar-refractivity contribution in [1.29, 1.82) is 0 Å². The minimum Gasteiger partial charge on any atom is -0.365 e. The van der Waals surface area contributed by atoms with Crippen molar-refractivity contribution in [3.05, 3.63) is 39.0 Å². The maximum atomic E-state index is 13.5. The lowest BCUT2D eigenvalue weighted by Gasteiger charge is -2.13. The lowest BCUT2D eigenvalue weighted by Crippen LogP contribution is -2.31. The number of halogens is 2. The highest BCUT2D eigenvalue weighted by Crippen LogP contribution is 2.38. The van der Waals surface area contributed by atoms with Crippen LogP contribution in [0.3, 0.4) is 0 Å². The van der Waals surface area contributed by atoms with Gasteiger partial charge in [0.1, 0.15) is 5.82 Å². The second-order valence-corrected chi connectivity index (χ2v) is 8.09. The fourth-order valence-corrected chi connectivity index (χ4v) is 3.97. The number of benzene rings is 1. The third kappa shape index (κ3) is 4.09. The van der Waals surface area contributed by atoms with Gasteiger partial charge in [0.25, 0.3) is 0 Å². The highest BCUT2D eigenvalue weighted by molar-refractivity contribution is 9.10. The number of anilines is 1. The molecule has 3 aromatic rings. The summed E-state index contributed by atoms with van der Waals surface area (Å²) in [5.74, 6) is -1.07. The minimum absolute atomic E-state index is 0.0131. The zero-order chi connectivity index (χ0) is 20.6. The lowest BCUT2D eigenvalue weighted by molar-refractivity contribution is 0.309. The number of thiol groups is 1. The van der Waals surface area contributed by atoms with E-state index in [1.165, 1.54) is 18.2 Å². The molecule has 2 N–H and O–H groups in total. The van der Waals surface area contributed by atoms with Crippen LogP contribution < -0.4 is 15.8 Å². The number of nitrogens with one attached hydrogen (secondary N) is 2. The van der Waals surface area contributed by atoms with Crippen molar-refractivity contribution in [1.82, 2.24) is 24.8 Å². The summed E-state index contributed by atoms with van der Waals surface area (Å²) in [5.41, 5.74) is -0.0199. The molecule has 11 nitrogen and oxygen atoms in total. The van der Waals surface area contributed by atoms with Gasteiger partial charge in [0.05, 0.1) is 10.2 Å². The highest BCUT2D eigenvalue weighted by atomic mass is 79.9.